The lowest BCUT2D eigenvalue weighted by Gasteiger charge is -2.34. The lowest BCUT2D eigenvalue weighted by molar-refractivity contribution is 0.149. The Balaban J connectivity index is 1.89. The number of nitrogens with zero attached hydrogens (tertiary/aromatic N) is 3. The Hall–Kier alpha value is -0.380. The Kier molecular flexibility index (Phi) is 4.82. The van der Waals surface area contributed by atoms with Crippen molar-refractivity contribution in [1.82, 2.24) is 15.1 Å². The third-order valence-corrected chi connectivity index (χ3v) is 4.30. The first-order chi connectivity index (χ1) is 8.56. The molecule has 1 aromatic rings. The number of piperidine rings is 1. The number of rotatable bonds is 3. The van der Waals surface area contributed by atoms with E-state index in [1.165, 1.54) is 25.9 Å². The van der Waals surface area contributed by atoms with E-state index in [9.17, 15) is 0 Å². The zero-order chi connectivity index (χ0) is 13.1. The van der Waals surface area contributed by atoms with Gasteiger partial charge < -0.3 is 4.90 Å². The summed E-state index contributed by atoms with van der Waals surface area (Å²) in [5.41, 5.74) is 0.951. The van der Waals surface area contributed by atoms with Crippen molar-refractivity contribution in [1.29, 1.82) is 0 Å². The van der Waals surface area contributed by atoms with Gasteiger partial charge in [-0.25, -0.2) is 0 Å². The van der Waals surface area contributed by atoms with E-state index in [0.717, 1.165) is 12.1 Å². The molecule has 3 nitrogen and oxygen atoms in total. The van der Waals surface area contributed by atoms with Gasteiger partial charge >= 0.3 is 0 Å². The third kappa shape index (κ3) is 3.56. The Morgan fingerprint density at radius 3 is 2.50 bits per heavy atom. The molecule has 1 aliphatic rings. The van der Waals surface area contributed by atoms with Crippen LogP contribution in [0.3, 0.4) is 0 Å². The fraction of sp³-hybridized carbons (Fsp3) is 0.692. The van der Waals surface area contributed by atoms with Crippen LogP contribution in [-0.2, 0) is 6.42 Å². The molecule has 1 saturated heterocycles. The number of likely N-dealkylation sites (tertiary alicyclic amines) is 1. The predicted octanol–water partition coefficient (Wildman–Crippen LogP) is 3.45. The van der Waals surface area contributed by atoms with E-state index in [0.29, 0.717) is 17.0 Å². The van der Waals surface area contributed by atoms with E-state index in [2.05, 4.69) is 28.9 Å². The van der Waals surface area contributed by atoms with Gasteiger partial charge in [0.15, 0.2) is 5.15 Å². The summed E-state index contributed by atoms with van der Waals surface area (Å²) >= 11 is 11.7. The first-order valence-corrected chi connectivity index (χ1v) is 7.23. The molecule has 0 N–H and O–H groups in total. The van der Waals surface area contributed by atoms with Crippen molar-refractivity contribution in [2.24, 2.45) is 5.92 Å². The number of hydrogen-bond donors (Lipinski definition) is 0. The molecule has 1 fully saturated rings. The lowest BCUT2D eigenvalue weighted by atomic mass is 9.91. The van der Waals surface area contributed by atoms with Gasteiger partial charge in [0.1, 0.15) is 0 Å². The molecule has 2 heterocycles. The van der Waals surface area contributed by atoms with Gasteiger partial charge in [-0.1, -0.05) is 23.2 Å². The molecule has 1 aromatic heterocycles. The van der Waals surface area contributed by atoms with Crippen molar-refractivity contribution in [2.45, 2.75) is 39.2 Å². The minimum atomic E-state index is 0.287. The Bertz CT molecular complexity index is 401. The summed E-state index contributed by atoms with van der Waals surface area (Å²) in [5.74, 6) is 0.687. The number of halogens is 2. The van der Waals surface area contributed by atoms with Gasteiger partial charge in [0.05, 0.1) is 10.7 Å². The Labute approximate surface area is 118 Å². The lowest BCUT2D eigenvalue weighted by Crippen LogP contribution is -2.38. The van der Waals surface area contributed by atoms with Crippen LogP contribution in [0.1, 0.15) is 32.4 Å². The van der Waals surface area contributed by atoms with E-state index in [1.807, 2.05) is 6.07 Å². The highest BCUT2D eigenvalue weighted by molar-refractivity contribution is 6.41. The van der Waals surface area contributed by atoms with Crippen LogP contribution >= 0.6 is 23.2 Å². The van der Waals surface area contributed by atoms with Gasteiger partial charge in [-0.3, -0.25) is 0 Å². The number of hydrogen-bond acceptors (Lipinski definition) is 3. The van der Waals surface area contributed by atoms with Crippen LogP contribution in [0.4, 0.5) is 0 Å². The summed E-state index contributed by atoms with van der Waals surface area (Å²) < 4.78 is 0. The zero-order valence-electron chi connectivity index (χ0n) is 10.9. The van der Waals surface area contributed by atoms with Gasteiger partial charge in [-0.2, -0.15) is 5.10 Å². The fourth-order valence-electron chi connectivity index (χ4n) is 2.46. The van der Waals surface area contributed by atoms with Crippen LogP contribution in [0, 0.1) is 5.92 Å². The molecule has 18 heavy (non-hydrogen) atoms. The third-order valence-electron chi connectivity index (χ3n) is 3.63. The first-order valence-electron chi connectivity index (χ1n) is 6.48. The SMILES string of the molecule is CC(C)N1CCC(Cc2cc(Cl)c(Cl)nn2)CC1. The quantitative estimate of drug-likeness (QED) is 0.853. The topological polar surface area (TPSA) is 29.0 Å². The maximum atomic E-state index is 5.95. The van der Waals surface area contributed by atoms with Crippen molar-refractivity contribution in [3.05, 3.63) is 21.9 Å². The van der Waals surface area contributed by atoms with Crippen molar-refractivity contribution < 1.29 is 0 Å². The van der Waals surface area contributed by atoms with Crippen LogP contribution in [0.2, 0.25) is 10.2 Å². The average Bonchev–Trinajstić information content (AvgIpc) is 2.34. The zero-order valence-corrected chi connectivity index (χ0v) is 12.4. The minimum absolute atomic E-state index is 0.287. The van der Waals surface area contributed by atoms with Gasteiger partial charge in [-0.05, 0) is 58.2 Å². The molecule has 100 valence electrons. The van der Waals surface area contributed by atoms with Gasteiger partial charge in [0, 0.05) is 6.04 Å². The van der Waals surface area contributed by atoms with Crippen LogP contribution in [0.25, 0.3) is 0 Å². The fourth-order valence-corrected chi connectivity index (χ4v) is 2.72. The van der Waals surface area contributed by atoms with E-state index in [1.54, 1.807) is 0 Å². The second-order valence-corrected chi connectivity index (χ2v) is 6.02. The van der Waals surface area contributed by atoms with E-state index in [-0.39, 0.29) is 5.15 Å². The second kappa shape index (κ2) is 6.18. The van der Waals surface area contributed by atoms with Gasteiger partial charge in [0.25, 0.3) is 0 Å². The van der Waals surface area contributed by atoms with Crippen LogP contribution in [-0.4, -0.2) is 34.2 Å². The summed E-state index contributed by atoms with van der Waals surface area (Å²) in [5, 5.41) is 8.76. The smallest absolute Gasteiger partial charge is 0.170 e. The molecule has 5 heteroatoms. The second-order valence-electron chi connectivity index (χ2n) is 5.25. The largest absolute Gasteiger partial charge is 0.301 e. The summed E-state index contributed by atoms with van der Waals surface area (Å²) in [6, 6.07) is 2.49. The molecule has 0 spiro atoms. The molecule has 0 radical (unpaired) electrons. The first kappa shape index (κ1) is 14.0. The highest BCUT2D eigenvalue weighted by Crippen LogP contribution is 2.24. The van der Waals surface area contributed by atoms with E-state index in [4.69, 9.17) is 23.2 Å². The average molecular weight is 288 g/mol. The molecule has 0 atom stereocenters. The summed E-state index contributed by atoms with van der Waals surface area (Å²) in [4.78, 5) is 2.52. The van der Waals surface area contributed by atoms with Gasteiger partial charge in [0.2, 0.25) is 0 Å². The molecule has 0 aromatic carbocycles. The van der Waals surface area contributed by atoms with Crippen molar-refractivity contribution >= 4 is 23.2 Å². The molecular weight excluding hydrogens is 269 g/mol. The molecule has 1 aliphatic heterocycles. The van der Waals surface area contributed by atoms with Crippen molar-refractivity contribution in [3.63, 3.8) is 0 Å². The normalized spacial score (nSPS) is 18.5. The number of aromatic nitrogens is 2. The monoisotopic (exact) mass is 287 g/mol. The molecule has 0 amide bonds. The highest BCUT2D eigenvalue weighted by Gasteiger charge is 2.21. The van der Waals surface area contributed by atoms with Gasteiger partial charge in [-0.15, -0.1) is 5.10 Å². The predicted molar refractivity (Wildman–Crippen MR) is 75.2 cm³/mol. The van der Waals surface area contributed by atoms with E-state index < -0.39 is 0 Å². The highest BCUT2D eigenvalue weighted by atomic mass is 35.5. The molecule has 2 rings (SSSR count). The molecular formula is C13H19Cl2N3. The molecule has 0 saturated carbocycles. The minimum Gasteiger partial charge on any atom is -0.301 e. The molecule has 0 unspecified atom stereocenters. The standard InChI is InChI=1S/C13H19Cl2N3/c1-9(2)18-5-3-10(4-6-18)7-11-8-12(14)13(15)17-16-11/h8-10H,3-7H2,1-2H3. The van der Waals surface area contributed by atoms with Crippen LogP contribution < -0.4 is 0 Å². The van der Waals surface area contributed by atoms with Crippen LogP contribution in [0.15, 0.2) is 6.07 Å². The molecule has 0 bridgehead atoms. The maximum Gasteiger partial charge on any atom is 0.170 e. The van der Waals surface area contributed by atoms with Crippen LogP contribution in [0.5, 0.6) is 0 Å². The summed E-state index contributed by atoms with van der Waals surface area (Å²) in [6.45, 7) is 6.86. The van der Waals surface area contributed by atoms with Crippen molar-refractivity contribution in [3.8, 4) is 0 Å². The Morgan fingerprint density at radius 1 is 1.28 bits per heavy atom. The Morgan fingerprint density at radius 2 is 1.94 bits per heavy atom. The van der Waals surface area contributed by atoms with E-state index >= 15 is 0 Å². The summed E-state index contributed by atoms with van der Waals surface area (Å²) in [6.07, 6.45) is 3.40. The maximum absolute atomic E-state index is 5.95. The van der Waals surface area contributed by atoms with Crippen molar-refractivity contribution in [2.75, 3.05) is 13.1 Å². The molecule has 0 aliphatic carbocycles. The summed E-state index contributed by atoms with van der Waals surface area (Å²) in [7, 11) is 0.